The van der Waals surface area contributed by atoms with Gasteiger partial charge in [-0.25, -0.2) is 4.79 Å². The molecular weight excluding hydrogens is 426 g/mol. The average molecular weight is 448 g/mol. The van der Waals surface area contributed by atoms with Gasteiger partial charge in [0.25, 0.3) is 11.8 Å². The Hall–Kier alpha value is -2.84. The molecule has 0 unspecified atom stereocenters. The molecule has 3 rings (SSSR count). The summed E-state index contributed by atoms with van der Waals surface area (Å²) in [5.41, 5.74) is 8.08. The number of ether oxygens (including phenoxy) is 1. The number of fused-ring (bicyclic) bond motifs is 1. The maximum Gasteiger partial charge on any atom is 0.341 e. The van der Waals surface area contributed by atoms with Crippen molar-refractivity contribution in [2.24, 2.45) is 5.73 Å². The SMILES string of the molecule is CCOC(=O)c1c(NC(=O)c2c(C)c3cc(Cl)ccc3n2CC)sc(C(N)=O)c1C. The number of benzene rings is 1. The summed E-state index contributed by atoms with van der Waals surface area (Å²) >= 11 is 7.10. The van der Waals surface area contributed by atoms with Crippen LogP contribution >= 0.6 is 22.9 Å². The Morgan fingerprint density at radius 3 is 2.50 bits per heavy atom. The lowest BCUT2D eigenvalue weighted by Gasteiger charge is -2.10. The second-order valence-corrected chi connectivity index (χ2v) is 8.14. The monoisotopic (exact) mass is 447 g/mol. The number of amides is 2. The van der Waals surface area contributed by atoms with E-state index in [4.69, 9.17) is 22.1 Å². The predicted molar refractivity (Wildman–Crippen MR) is 119 cm³/mol. The molecule has 2 amide bonds. The Kier molecular flexibility index (Phi) is 6.19. The van der Waals surface area contributed by atoms with Gasteiger partial charge >= 0.3 is 5.97 Å². The molecular formula is C21H22ClN3O4S. The number of rotatable bonds is 6. The summed E-state index contributed by atoms with van der Waals surface area (Å²) in [6.45, 7) is 7.80. The van der Waals surface area contributed by atoms with Gasteiger partial charge in [0.05, 0.1) is 17.0 Å². The predicted octanol–water partition coefficient (Wildman–Crippen LogP) is 4.52. The minimum atomic E-state index is -0.669. The number of aryl methyl sites for hydroxylation is 2. The van der Waals surface area contributed by atoms with Gasteiger partial charge in [-0.15, -0.1) is 11.3 Å². The Labute approximate surface area is 182 Å². The van der Waals surface area contributed by atoms with Crippen LogP contribution in [-0.4, -0.2) is 29.0 Å². The maximum atomic E-state index is 13.3. The number of nitrogens with zero attached hydrogens (tertiary/aromatic N) is 1. The van der Waals surface area contributed by atoms with Crippen molar-refractivity contribution in [1.82, 2.24) is 4.57 Å². The molecule has 1 aromatic carbocycles. The molecule has 0 atom stereocenters. The smallest absolute Gasteiger partial charge is 0.341 e. The van der Waals surface area contributed by atoms with E-state index in [1.165, 1.54) is 0 Å². The lowest BCUT2D eigenvalue weighted by Crippen LogP contribution is -2.19. The molecule has 3 aromatic rings. The first-order valence-corrected chi connectivity index (χ1v) is 10.6. The van der Waals surface area contributed by atoms with Crippen LogP contribution in [0.15, 0.2) is 18.2 Å². The van der Waals surface area contributed by atoms with Gasteiger partial charge in [0.1, 0.15) is 10.7 Å². The van der Waals surface area contributed by atoms with E-state index in [0.717, 1.165) is 27.8 Å². The zero-order chi connectivity index (χ0) is 22.2. The number of anilines is 1. The van der Waals surface area contributed by atoms with Crippen molar-refractivity contribution in [3.63, 3.8) is 0 Å². The molecule has 0 bridgehead atoms. The number of nitrogens with one attached hydrogen (secondary N) is 1. The van der Waals surface area contributed by atoms with Crippen LogP contribution in [0.1, 0.15) is 55.5 Å². The minimum absolute atomic E-state index is 0.142. The van der Waals surface area contributed by atoms with Crippen molar-refractivity contribution in [2.45, 2.75) is 34.2 Å². The zero-order valence-corrected chi connectivity index (χ0v) is 18.7. The first kappa shape index (κ1) is 21.9. The van der Waals surface area contributed by atoms with Crippen molar-refractivity contribution in [3.05, 3.63) is 50.5 Å². The fourth-order valence-corrected chi connectivity index (χ4v) is 4.78. The van der Waals surface area contributed by atoms with Crippen molar-refractivity contribution in [2.75, 3.05) is 11.9 Å². The molecule has 0 saturated carbocycles. The van der Waals surface area contributed by atoms with Crippen LogP contribution in [0.5, 0.6) is 0 Å². The highest BCUT2D eigenvalue weighted by Crippen LogP contribution is 2.35. The fourth-order valence-electron chi connectivity index (χ4n) is 3.56. The molecule has 0 aliphatic rings. The van der Waals surface area contributed by atoms with E-state index in [1.54, 1.807) is 19.9 Å². The number of carbonyl (C=O) groups is 3. The van der Waals surface area contributed by atoms with E-state index >= 15 is 0 Å². The number of nitrogens with two attached hydrogens (primary N) is 1. The van der Waals surface area contributed by atoms with Crippen LogP contribution in [-0.2, 0) is 11.3 Å². The van der Waals surface area contributed by atoms with E-state index in [2.05, 4.69) is 5.32 Å². The number of aromatic nitrogens is 1. The van der Waals surface area contributed by atoms with Gasteiger partial charge in [0.2, 0.25) is 0 Å². The van der Waals surface area contributed by atoms with Gasteiger partial charge in [-0.05, 0) is 57.0 Å². The van der Waals surface area contributed by atoms with Crippen LogP contribution in [0, 0.1) is 13.8 Å². The lowest BCUT2D eigenvalue weighted by molar-refractivity contribution is 0.0527. The fraction of sp³-hybridized carbons (Fsp3) is 0.286. The van der Waals surface area contributed by atoms with Gasteiger partial charge in [0.15, 0.2) is 0 Å². The molecule has 0 radical (unpaired) electrons. The van der Waals surface area contributed by atoms with Crippen molar-refractivity contribution >= 4 is 56.6 Å². The molecule has 158 valence electrons. The molecule has 7 nitrogen and oxygen atoms in total. The van der Waals surface area contributed by atoms with Gasteiger partial charge in [0, 0.05) is 22.5 Å². The Morgan fingerprint density at radius 2 is 1.90 bits per heavy atom. The number of carbonyl (C=O) groups excluding carboxylic acids is 3. The molecule has 0 spiro atoms. The number of thiophene rings is 1. The molecule has 0 aliphatic heterocycles. The maximum absolute atomic E-state index is 13.3. The molecule has 2 heterocycles. The molecule has 0 aliphatic carbocycles. The van der Waals surface area contributed by atoms with Crippen molar-refractivity contribution < 1.29 is 19.1 Å². The van der Waals surface area contributed by atoms with Crippen LogP contribution in [0.3, 0.4) is 0 Å². The second-order valence-electron chi connectivity index (χ2n) is 6.68. The van der Waals surface area contributed by atoms with Gasteiger partial charge in [-0.2, -0.15) is 0 Å². The van der Waals surface area contributed by atoms with Crippen LogP contribution in [0.25, 0.3) is 10.9 Å². The van der Waals surface area contributed by atoms with Crippen molar-refractivity contribution in [1.29, 1.82) is 0 Å². The van der Waals surface area contributed by atoms with Crippen LogP contribution < -0.4 is 11.1 Å². The first-order valence-electron chi connectivity index (χ1n) is 9.41. The number of halogens is 1. The number of hydrogen-bond donors (Lipinski definition) is 2. The molecule has 30 heavy (non-hydrogen) atoms. The average Bonchev–Trinajstić information content (AvgIpc) is 3.16. The summed E-state index contributed by atoms with van der Waals surface area (Å²) in [4.78, 5) is 37.7. The first-order chi connectivity index (χ1) is 14.2. The normalized spacial score (nSPS) is 11.0. The molecule has 0 saturated heterocycles. The standard InChI is InChI=1S/C21H22ClN3O4S/c1-5-25-14-8-7-12(22)9-13(14)10(3)16(25)19(27)24-20-15(21(28)29-6-2)11(4)17(30-20)18(23)26/h7-9H,5-6H2,1-4H3,(H2,23,26)(H,24,27). The summed E-state index contributed by atoms with van der Waals surface area (Å²) in [5.74, 6) is -1.69. The minimum Gasteiger partial charge on any atom is -0.462 e. The number of hydrogen-bond acceptors (Lipinski definition) is 5. The third-order valence-corrected chi connectivity index (χ3v) is 6.34. The van der Waals surface area contributed by atoms with E-state index in [-0.39, 0.29) is 22.0 Å². The molecule has 0 fully saturated rings. The van der Waals surface area contributed by atoms with Crippen LogP contribution in [0.4, 0.5) is 5.00 Å². The molecule has 2 aromatic heterocycles. The van der Waals surface area contributed by atoms with Gasteiger partial charge in [-0.3, -0.25) is 9.59 Å². The lowest BCUT2D eigenvalue weighted by atomic mass is 10.1. The highest BCUT2D eigenvalue weighted by atomic mass is 35.5. The summed E-state index contributed by atoms with van der Waals surface area (Å²) in [6, 6.07) is 5.47. The zero-order valence-electron chi connectivity index (χ0n) is 17.1. The highest BCUT2D eigenvalue weighted by molar-refractivity contribution is 7.18. The topological polar surface area (TPSA) is 103 Å². The number of primary amides is 1. The van der Waals surface area contributed by atoms with Gasteiger partial charge in [-0.1, -0.05) is 11.6 Å². The third kappa shape index (κ3) is 3.68. The third-order valence-electron chi connectivity index (χ3n) is 4.89. The van der Waals surface area contributed by atoms with E-state index in [9.17, 15) is 14.4 Å². The van der Waals surface area contributed by atoms with E-state index < -0.39 is 17.8 Å². The van der Waals surface area contributed by atoms with Gasteiger partial charge < -0.3 is 20.4 Å². The number of esters is 1. The summed E-state index contributed by atoms with van der Waals surface area (Å²) < 4.78 is 6.99. The molecule has 9 heteroatoms. The Bertz CT molecular complexity index is 1180. The van der Waals surface area contributed by atoms with Crippen LogP contribution in [0.2, 0.25) is 5.02 Å². The quantitative estimate of drug-likeness (QED) is 0.542. The molecule has 3 N–H and O–H groups in total. The largest absolute Gasteiger partial charge is 0.462 e. The Balaban J connectivity index is 2.11. The summed E-state index contributed by atoms with van der Waals surface area (Å²) in [6.07, 6.45) is 0. The highest BCUT2D eigenvalue weighted by Gasteiger charge is 2.27. The van der Waals surface area contributed by atoms with E-state index in [1.807, 2.05) is 30.5 Å². The second kappa shape index (κ2) is 8.49. The van der Waals surface area contributed by atoms with E-state index in [0.29, 0.717) is 22.8 Å². The summed E-state index contributed by atoms with van der Waals surface area (Å²) in [5, 5.41) is 4.48. The Morgan fingerprint density at radius 1 is 1.20 bits per heavy atom. The van der Waals surface area contributed by atoms with Crippen molar-refractivity contribution in [3.8, 4) is 0 Å². The summed E-state index contributed by atoms with van der Waals surface area (Å²) in [7, 11) is 0.